The van der Waals surface area contributed by atoms with Gasteiger partial charge in [0.15, 0.2) is 11.5 Å². The van der Waals surface area contributed by atoms with Crippen molar-refractivity contribution in [3.8, 4) is 23.3 Å². The monoisotopic (exact) mass is 310 g/mol. The van der Waals surface area contributed by atoms with Crippen LogP contribution in [-0.4, -0.2) is 16.8 Å². The first-order valence-electron chi connectivity index (χ1n) is 7.20. The lowest BCUT2D eigenvalue weighted by Crippen LogP contribution is -2.14. The number of hydrogen-bond acceptors (Lipinski definition) is 6. The molecular weight excluding hydrogens is 292 g/mol. The predicted octanol–water partition coefficient (Wildman–Crippen LogP) is 2.01. The van der Waals surface area contributed by atoms with Crippen LogP contribution in [0.25, 0.3) is 0 Å². The fourth-order valence-electron chi connectivity index (χ4n) is 2.35. The normalized spacial score (nSPS) is 12.7. The second-order valence-electron chi connectivity index (χ2n) is 5.87. The molecule has 118 valence electrons. The Labute approximate surface area is 134 Å². The van der Waals surface area contributed by atoms with Gasteiger partial charge in [-0.05, 0) is 38.5 Å². The molecule has 0 atom stereocenters. The van der Waals surface area contributed by atoms with Crippen molar-refractivity contribution in [3.63, 3.8) is 0 Å². The van der Waals surface area contributed by atoms with Gasteiger partial charge in [0.05, 0.1) is 16.7 Å². The van der Waals surface area contributed by atoms with E-state index in [1.807, 2.05) is 39.0 Å². The number of nitrogens with zero attached hydrogens (tertiary/aromatic N) is 2. The molecule has 0 saturated heterocycles. The van der Waals surface area contributed by atoms with Gasteiger partial charge in [0.2, 0.25) is 12.7 Å². The van der Waals surface area contributed by atoms with E-state index in [1.165, 1.54) is 0 Å². The number of anilines is 2. The van der Waals surface area contributed by atoms with E-state index < -0.39 is 5.41 Å². The summed E-state index contributed by atoms with van der Waals surface area (Å²) in [5.74, 6) is 8.27. The van der Waals surface area contributed by atoms with Gasteiger partial charge in [-0.3, -0.25) is 0 Å². The van der Waals surface area contributed by atoms with E-state index in [1.54, 1.807) is 0 Å². The molecule has 23 heavy (non-hydrogen) atoms. The number of nitrogens with two attached hydrogens (primary N) is 2. The maximum absolute atomic E-state index is 5.89. The van der Waals surface area contributed by atoms with Crippen LogP contribution in [0.2, 0.25) is 0 Å². The molecule has 6 heteroatoms. The number of nitrogen functional groups attached to an aromatic ring is 2. The van der Waals surface area contributed by atoms with Crippen molar-refractivity contribution in [1.82, 2.24) is 9.97 Å². The Morgan fingerprint density at radius 3 is 2.61 bits per heavy atom. The van der Waals surface area contributed by atoms with Gasteiger partial charge >= 0.3 is 0 Å². The smallest absolute Gasteiger partial charge is 0.231 e. The number of fused-ring (bicyclic) bond motifs is 1. The zero-order chi connectivity index (χ0) is 16.6. The largest absolute Gasteiger partial charge is 0.454 e. The predicted molar refractivity (Wildman–Crippen MR) is 88.1 cm³/mol. The van der Waals surface area contributed by atoms with Crippen LogP contribution in [0.4, 0.5) is 11.8 Å². The average Bonchev–Trinajstić information content (AvgIpc) is 2.93. The van der Waals surface area contributed by atoms with Crippen LogP contribution in [0.5, 0.6) is 11.5 Å². The first kappa shape index (κ1) is 15.0. The lowest BCUT2D eigenvalue weighted by Gasteiger charge is -2.18. The molecule has 6 nitrogen and oxygen atoms in total. The van der Waals surface area contributed by atoms with Gasteiger partial charge in [0.1, 0.15) is 5.82 Å². The maximum atomic E-state index is 5.89. The maximum Gasteiger partial charge on any atom is 0.231 e. The Balaban J connectivity index is 1.96. The number of benzene rings is 1. The van der Waals surface area contributed by atoms with Crippen LogP contribution < -0.4 is 20.9 Å². The molecule has 0 radical (unpaired) electrons. The number of hydrogen-bond donors (Lipinski definition) is 2. The highest BCUT2D eigenvalue weighted by Crippen LogP contribution is 2.36. The van der Waals surface area contributed by atoms with Gasteiger partial charge in [0, 0.05) is 0 Å². The van der Waals surface area contributed by atoms with Crippen LogP contribution in [0.1, 0.15) is 30.7 Å². The van der Waals surface area contributed by atoms with Crippen LogP contribution >= 0.6 is 0 Å². The minimum atomic E-state index is -0.402. The Hall–Kier alpha value is -2.94. The highest BCUT2D eigenvalue weighted by molar-refractivity contribution is 5.57. The molecule has 2 aromatic rings. The molecule has 3 rings (SSSR count). The lowest BCUT2D eigenvalue weighted by molar-refractivity contribution is 0.174. The van der Waals surface area contributed by atoms with Crippen molar-refractivity contribution < 1.29 is 9.47 Å². The van der Waals surface area contributed by atoms with Crippen molar-refractivity contribution in [3.05, 3.63) is 35.0 Å². The highest BCUT2D eigenvalue weighted by atomic mass is 16.7. The van der Waals surface area contributed by atoms with E-state index in [2.05, 4.69) is 21.8 Å². The summed E-state index contributed by atoms with van der Waals surface area (Å²) in [6.45, 7) is 6.12. The topological polar surface area (TPSA) is 96.3 Å². The summed E-state index contributed by atoms with van der Waals surface area (Å²) in [7, 11) is 0. The van der Waals surface area contributed by atoms with E-state index in [0.717, 1.165) is 17.1 Å². The van der Waals surface area contributed by atoms with Crippen molar-refractivity contribution in [2.24, 2.45) is 0 Å². The van der Waals surface area contributed by atoms with Gasteiger partial charge in [-0.2, -0.15) is 4.98 Å². The molecular formula is C17H18N4O2. The van der Waals surface area contributed by atoms with Crippen LogP contribution in [0.3, 0.4) is 0 Å². The number of rotatable bonds is 1. The van der Waals surface area contributed by atoms with E-state index in [-0.39, 0.29) is 12.7 Å². The second kappa shape index (κ2) is 5.36. The zero-order valence-corrected chi connectivity index (χ0v) is 13.3. The van der Waals surface area contributed by atoms with E-state index in [0.29, 0.717) is 17.1 Å². The average molecular weight is 310 g/mol. The third-order valence-corrected chi connectivity index (χ3v) is 3.73. The molecule has 1 aliphatic rings. The molecule has 4 N–H and O–H groups in total. The number of aromatic nitrogens is 2. The zero-order valence-electron chi connectivity index (χ0n) is 13.3. The molecule has 1 aromatic carbocycles. The van der Waals surface area contributed by atoms with E-state index in [4.69, 9.17) is 20.9 Å². The van der Waals surface area contributed by atoms with Crippen LogP contribution in [-0.2, 0) is 5.41 Å². The summed E-state index contributed by atoms with van der Waals surface area (Å²) in [4.78, 5) is 8.06. The first-order valence-corrected chi connectivity index (χ1v) is 7.20. The summed E-state index contributed by atoms with van der Waals surface area (Å²) in [5.41, 5.74) is 13.4. The summed E-state index contributed by atoms with van der Waals surface area (Å²) in [5, 5.41) is 0. The summed E-state index contributed by atoms with van der Waals surface area (Å²) >= 11 is 0. The third kappa shape index (κ3) is 2.86. The molecule has 0 amide bonds. The summed E-state index contributed by atoms with van der Waals surface area (Å²) < 4.78 is 10.8. The van der Waals surface area contributed by atoms with Crippen LogP contribution in [0.15, 0.2) is 18.2 Å². The molecule has 0 bridgehead atoms. The van der Waals surface area contributed by atoms with Crippen molar-refractivity contribution in [1.29, 1.82) is 0 Å². The third-order valence-electron chi connectivity index (χ3n) is 3.73. The van der Waals surface area contributed by atoms with E-state index >= 15 is 0 Å². The minimum absolute atomic E-state index is 0.153. The van der Waals surface area contributed by atoms with Gasteiger partial charge < -0.3 is 20.9 Å². The molecule has 1 aromatic heterocycles. The first-order chi connectivity index (χ1) is 10.9. The number of ether oxygens (including phenoxy) is 2. The molecule has 0 fully saturated rings. The summed E-state index contributed by atoms with van der Waals surface area (Å²) in [6.07, 6.45) is 0. The number of aryl methyl sites for hydroxylation is 1. The molecule has 2 heterocycles. The van der Waals surface area contributed by atoms with Crippen molar-refractivity contribution >= 4 is 11.8 Å². The Bertz CT molecular complexity index is 811. The van der Waals surface area contributed by atoms with Gasteiger partial charge in [0.25, 0.3) is 0 Å². The minimum Gasteiger partial charge on any atom is -0.454 e. The fourth-order valence-corrected chi connectivity index (χ4v) is 2.35. The second-order valence-corrected chi connectivity index (χ2v) is 5.87. The van der Waals surface area contributed by atoms with Crippen molar-refractivity contribution in [2.45, 2.75) is 26.2 Å². The molecule has 0 saturated carbocycles. The van der Waals surface area contributed by atoms with Gasteiger partial charge in [-0.25, -0.2) is 4.98 Å². The van der Waals surface area contributed by atoms with E-state index in [9.17, 15) is 0 Å². The Morgan fingerprint density at radius 1 is 1.13 bits per heavy atom. The lowest BCUT2D eigenvalue weighted by atomic mass is 9.85. The summed E-state index contributed by atoms with van der Waals surface area (Å²) in [6, 6.07) is 5.83. The Morgan fingerprint density at radius 2 is 1.87 bits per heavy atom. The molecule has 1 aliphatic heterocycles. The fraction of sp³-hybridized carbons (Fsp3) is 0.294. The standard InChI is InChI=1S/C17H18N4O2/c1-10-12(15(18)21-16(19)20-10)6-7-17(2,3)11-4-5-13-14(8-11)23-9-22-13/h4-5,8H,9H2,1-3H3,(H4,18,19,20,21). The molecule has 0 spiro atoms. The Kier molecular flexibility index (Phi) is 3.49. The van der Waals surface area contributed by atoms with Gasteiger partial charge in [-0.1, -0.05) is 17.9 Å². The SMILES string of the molecule is Cc1nc(N)nc(N)c1C#CC(C)(C)c1ccc2c(c1)OCO2. The highest BCUT2D eigenvalue weighted by Gasteiger charge is 2.22. The van der Waals surface area contributed by atoms with Crippen LogP contribution in [0, 0.1) is 18.8 Å². The van der Waals surface area contributed by atoms with Crippen molar-refractivity contribution in [2.75, 3.05) is 18.3 Å². The molecule has 0 aliphatic carbocycles. The quantitative estimate of drug-likeness (QED) is 0.782. The van der Waals surface area contributed by atoms with Gasteiger partial charge in [-0.15, -0.1) is 0 Å². The molecule has 0 unspecified atom stereocenters.